The van der Waals surface area contributed by atoms with Crippen molar-refractivity contribution >= 4 is 21.1 Å². The van der Waals surface area contributed by atoms with Crippen molar-refractivity contribution in [1.29, 1.82) is 0 Å². The minimum atomic E-state index is -4.73. The third-order valence-electron chi connectivity index (χ3n) is 0.676. The molecule has 0 aliphatic carbocycles. The summed E-state index contributed by atoms with van der Waals surface area (Å²) in [5.41, 5.74) is -1.63. The van der Waals surface area contributed by atoms with E-state index in [1.165, 1.54) is 0 Å². The highest BCUT2D eigenvalue weighted by atomic mass is 31.2. The summed E-state index contributed by atoms with van der Waals surface area (Å²) in [4.78, 5) is 51.1. The van der Waals surface area contributed by atoms with Crippen molar-refractivity contribution in [2.24, 2.45) is 0 Å². The fourth-order valence-electron chi connectivity index (χ4n) is 0.271. The van der Waals surface area contributed by atoms with Gasteiger partial charge in [0, 0.05) is 0 Å². The quantitative estimate of drug-likeness (QED) is 0.351. The average molecular weight is 205 g/mol. The fourth-order valence-corrected chi connectivity index (χ4v) is 1.94. The van der Waals surface area contributed by atoms with E-state index >= 15 is 0 Å². The van der Waals surface area contributed by atoms with Crippen LogP contribution in [0.5, 0.6) is 0 Å². The van der Waals surface area contributed by atoms with Gasteiger partial charge in [0.25, 0.3) is 0 Å². The molecule has 0 atom stereocenters. The summed E-state index contributed by atoms with van der Waals surface area (Å²) < 4.78 is 10.0. The first-order valence-corrected chi connectivity index (χ1v) is 5.72. The molecule has 0 bridgehead atoms. The minimum absolute atomic E-state index is 1.36. The third-order valence-corrected chi connectivity index (χ3v) is 2.45. The maximum absolute atomic E-state index is 10.3. The Bertz CT molecular complexity index is 197. The maximum atomic E-state index is 10.3. The first kappa shape index (κ1) is 11.1. The van der Waals surface area contributed by atoms with Crippen molar-refractivity contribution in [3.8, 4) is 0 Å². The van der Waals surface area contributed by atoms with E-state index in [-0.39, 0.29) is 0 Å². The van der Waals surface area contributed by atoms with Gasteiger partial charge in [0.1, 0.15) is 0 Å². The summed E-state index contributed by atoms with van der Waals surface area (Å²) in [6.45, 7) is 0. The number of hydrogen-bond donors (Lipinski definition) is 5. The molecule has 5 N–H and O–H groups in total. The van der Waals surface area contributed by atoms with Gasteiger partial charge >= 0.3 is 21.1 Å². The normalized spacial score (nSPS) is 13.2. The summed E-state index contributed by atoms with van der Waals surface area (Å²) in [7, 11) is -9.35. The molecule has 0 radical (unpaired) electrons. The van der Waals surface area contributed by atoms with Crippen LogP contribution in [0.1, 0.15) is 0 Å². The molecular formula is C2H7O7P2+. The van der Waals surface area contributed by atoms with Crippen LogP contribution in [0.3, 0.4) is 0 Å². The van der Waals surface area contributed by atoms with E-state index in [9.17, 15) is 9.36 Å². The summed E-state index contributed by atoms with van der Waals surface area (Å²) in [6.07, 6.45) is -1.36. The Kier molecular flexibility index (Phi) is 3.28. The molecule has 0 unspecified atom stereocenters. The molecule has 0 aliphatic rings. The predicted molar refractivity (Wildman–Crippen MR) is 35.5 cm³/mol. The van der Waals surface area contributed by atoms with Crippen molar-refractivity contribution < 1.29 is 33.8 Å². The highest BCUT2D eigenvalue weighted by Crippen LogP contribution is 2.50. The van der Waals surface area contributed by atoms with Gasteiger partial charge in [-0.1, -0.05) is 0 Å². The fraction of sp³-hybridized carbons (Fsp3) is 0.500. The zero-order valence-electron chi connectivity index (χ0n) is 5.15. The van der Waals surface area contributed by atoms with E-state index in [1.807, 2.05) is 0 Å². The van der Waals surface area contributed by atoms with Crippen LogP contribution < -0.4 is 0 Å². The van der Waals surface area contributed by atoms with Crippen LogP contribution in [0.15, 0.2) is 0 Å². The van der Waals surface area contributed by atoms with Gasteiger partial charge in [0.15, 0.2) is 6.16 Å². The van der Waals surface area contributed by atoms with E-state index in [0.29, 0.717) is 0 Å². The lowest BCUT2D eigenvalue weighted by atomic mass is 10.9. The van der Waals surface area contributed by atoms with Crippen LogP contribution >= 0.6 is 15.5 Å². The molecule has 0 saturated heterocycles. The molecule has 66 valence electrons. The van der Waals surface area contributed by atoms with Gasteiger partial charge in [-0.2, -0.15) is 14.7 Å². The molecule has 0 aliphatic heterocycles. The summed E-state index contributed by atoms with van der Waals surface area (Å²) in [5.74, 6) is 0. The lowest BCUT2D eigenvalue weighted by molar-refractivity contribution is -0.112. The Morgan fingerprint density at radius 1 is 1.27 bits per heavy atom. The largest absolute Gasteiger partial charge is 0.479 e. The lowest BCUT2D eigenvalue weighted by Crippen LogP contribution is -2.09. The molecule has 0 heterocycles. The summed E-state index contributed by atoms with van der Waals surface area (Å²) in [6, 6.07) is 0. The highest BCUT2D eigenvalue weighted by Gasteiger charge is 2.45. The second kappa shape index (κ2) is 3.25. The van der Waals surface area contributed by atoms with Gasteiger partial charge in [-0.3, -0.25) is 4.57 Å². The molecule has 0 fully saturated rings. The van der Waals surface area contributed by atoms with E-state index < -0.39 is 27.2 Å². The van der Waals surface area contributed by atoms with Crippen LogP contribution in [0, 0.1) is 0 Å². The zero-order chi connectivity index (χ0) is 9.28. The van der Waals surface area contributed by atoms with Gasteiger partial charge < -0.3 is 9.79 Å². The van der Waals surface area contributed by atoms with Gasteiger partial charge in [-0.05, 0) is 0 Å². The Balaban J connectivity index is 4.23. The van der Waals surface area contributed by atoms with Crippen molar-refractivity contribution in [2.75, 3.05) is 6.16 Å². The number of rotatable bonds is 3. The molecule has 0 spiro atoms. The third kappa shape index (κ3) is 5.41. The second-order valence-electron chi connectivity index (χ2n) is 1.78. The second-order valence-corrected chi connectivity index (χ2v) is 5.07. The maximum Gasteiger partial charge on any atom is 0.479 e. The number of carbonyl (C=O) groups is 1. The molecular weight excluding hydrogens is 198 g/mol. The van der Waals surface area contributed by atoms with Gasteiger partial charge in [-0.25, -0.2) is 4.79 Å². The van der Waals surface area contributed by atoms with Crippen LogP contribution in [0.4, 0.5) is 0 Å². The van der Waals surface area contributed by atoms with Gasteiger partial charge in [-0.15, -0.1) is 0 Å². The van der Waals surface area contributed by atoms with Crippen LogP contribution in [0.25, 0.3) is 0 Å². The molecule has 0 aromatic rings. The SMILES string of the molecule is O=C(CP(=O)(O)O)[P+](O)(O)O. The molecule has 0 saturated carbocycles. The Labute approximate surface area is 62.0 Å². The van der Waals surface area contributed by atoms with Crippen LogP contribution in [0.2, 0.25) is 0 Å². The zero-order valence-corrected chi connectivity index (χ0v) is 6.94. The monoisotopic (exact) mass is 205 g/mol. The Hall–Kier alpha value is 0.130. The number of hydrogen-bond acceptors (Lipinski definition) is 5. The molecule has 7 nitrogen and oxygen atoms in total. The highest BCUT2D eigenvalue weighted by molar-refractivity contribution is 7.78. The van der Waals surface area contributed by atoms with E-state index in [1.54, 1.807) is 0 Å². The van der Waals surface area contributed by atoms with Crippen molar-refractivity contribution in [3.05, 3.63) is 0 Å². The van der Waals surface area contributed by atoms with Gasteiger partial charge in [0.2, 0.25) is 0 Å². The number of carbonyl (C=O) groups excluding carboxylic acids is 1. The molecule has 11 heavy (non-hydrogen) atoms. The van der Waals surface area contributed by atoms with E-state index in [4.69, 9.17) is 24.5 Å². The lowest BCUT2D eigenvalue weighted by Gasteiger charge is -2.02. The first-order chi connectivity index (χ1) is 4.63. The molecule has 0 rings (SSSR count). The van der Waals surface area contributed by atoms with Gasteiger partial charge in [0.05, 0.1) is 0 Å². The minimum Gasteiger partial charge on any atom is -0.324 e. The standard InChI is InChI=1S/C2H6O7P2/c3-2(11(7,8)9)1-10(4,5)6/h7-9H,1H2,(H-,4,5,6)/p+1. The van der Waals surface area contributed by atoms with E-state index in [0.717, 1.165) is 0 Å². The van der Waals surface area contributed by atoms with Crippen molar-refractivity contribution in [2.45, 2.75) is 0 Å². The Morgan fingerprint density at radius 2 is 1.64 bits per heavy atom. The molecule has 0 aromatic heterocycles. The Morgan fingerprint density at radius 3 is 1.73 bits per heavy atom. The smallest absolute Gasteiger partial charge is 0.324 e. The average Bonchev–Trinajstić information content (AvgIpc) is 1.56. The van der Waals surface area contributed by atoms with Crippen LogP contribution in [-0.2, 0) is 9.36 Å². The molecule has 9 heteroatoms. The molecule has 0 aromatic carbocycles. The predicted octanol–water partition coefficient (Wildman–Crippen LogP) is -1.57. The van der Waals surface area contributed by atoms with E-state index in [2.05, 4.69) is 0 Å². The van der Waals surface area contributed by atoms with Crippen molar-refractivity contribution in [3.63, 3.8) is 0 Å². The van der Waals surface area contributed by atoms with Crippen molar-refractivity contribution in [1.82, 2.24) is 0 Å². The summed E-state index contributed by atoms with van der Waals surface area (Å²) >= 11 is 0. The topological polar surface area (TPSA) is 135 Å². The van der Waals surface area contributed by atoms with Crippen LogP contribution in [-0.4, -0.2) is 36.2 Å². The summed E-state index contributed by atoms with van der Waals surface area (Å²) in [5, 5.41) is 0. The molecule has 0 amide bonds. The first-order valence-electron chi connectivity index (χ1n) is 2.28.